The highest BCUT2D eigenvalue weighted by Gasteiger charge is 2.27. The maximum Gasteiger partial charge on any atom is 0.264 e. The second-order valence-corrected chi connectivity index (χ2v) is 10.5. The molecule has 0 saturated heterocycles. The summed E-state index contributed by atoms with van der Waals surface area (Å²) in [5, 5.41) is 4.00. The molecule has 0 bridgehead atoms. The van der Waals surface area contributed by atoms with Crippen molar-refractivity contribution in [2.45, 2.75) is 44.4 Å². The van der Waals surface area contributed by atoms with Crippen molar-refractivity contribution in [3.8, 4) is 5.75 Å². The average Bonchev–Trinajstić information content (AvgIpc) is 2.89. The third-order valence-electron chi connectivity index (χ3n) is 5.52. The zero-order valence-electron chi connectivity index (χ0n) is 20.9. The van der Waals surface area contributed by atoms with Crippen molar-refractivity contribution in [2.75, 3.05) is 17.5 Å². The summed E-state index contributed by atoms with van der Waals surface area (Å²) in [6, 6.07) is 22.6. The van der Waals surface area contributed by atoms with Crippen LogP contribution in [-0.4, -0.2) is 33.7 Å². The molecule has 1 N–H and O–H groups in total. The summed E-state index contributed by atoms with van der Waals surface area (Å²) >= 11 is 0. The number of anilines is 1. The van der Waals surface area contributed by atoms with Gasteiger partial charge >= 0.3 is 0 Å². The number of amides is 1. The molecule has 0 aliphatic carbocycles. The number of hydrogen-bond donors (Lipinski definition) is 1. The van der Waals surface area contributed by atoms with E-state index in [2.05, 4.69) is 31.3 Å². The van der Waals surface area contributed by atoms with Gasteiger partial charge in [-0.25, -0.2) is 13.8 Å². The molecule has 0 fully saturated rings. The highest BCUT2D eigenvalue weighted by molar-refractivity contribution is 7.92. The number of hydrazone groups is 1. The van der Waals surface area contributed by atoms with Crippen molar-refractivity contribution in [3.63, 3.8) is 0 Å². The molecule has 3 aromatic rings. The van der Waals surface area contributed by atoms with Crippen LogP contribution in [0.5, 0.6) is 5.75 Å². The van der Waals surface area contributed by atoms with E-state index in [4.69, 9.17) is 4.74 Å². The van der Waals surface area contributed by atoms with E-state index in [-0.39, 0.29) is 4.90 Å². The predicted molar refractivity (Wildman–Crippen MR) is 144 cm³/mol. The van der Waals surface area contributed by atoms with Crippen LogP contribution in [0, 0.1) is 0 Å². The summed E-state index contributed by atoms with van der Waals surface area (Å²) in [6.07, 6.45) is 3.56. The van der Waals surface area contributed by atoms with Gasteiger partial charge in [0.25, 0.3) is 15.9 Å². The fourth-order valence-corrected chi connectivity index (χ4v) is 4.83. The van der Waals surface area contributed by atoms with E-state index in [0.717, 1.165) is 34.0 Å². The maximum atomic E-state index is 13.4. The number of nitrogens with zero attached hydrogens (tertiary/aromatic N) is 2. The van der Waals surface area contributed by atoms with E-state index in [0.29, 0.717) is 18.2 Å². The van der Waals surface area contributed by atoms with E-state index < -0.39 is 22.5 Å². The first-order valence-corrected chi connectivity index (χ1v) is 13.5. The van der Waals surface area contributed by atoms with Crippen LogP contribution in [0.3, 0.4) is 0 Å². The molecule has 0 unspecified atom stereocenters. The van der Waals surface area contributed by atoms with Gasteiger partial charge in [0.15, 0.2) is 0 Å². The van der Waals surface area contributed by atoms with Gasteiger partial charge in [-0.3, -0.25) is 9.10 Å². The minimum absolute atomic E-state index is 0.107. The number of benzene rings is 3. The summed E-state index contributed by atoms with van der Waals surface area (Å²) in [5.41, 5.74) is 4.69. The van der Waals surface area contributed by atoms with Crippen LogP contribution in [0.25, 0.3) is 0 Å². The van der Waals surface area contributed by atoms with Crippen molar-refractivity contribution in [1.29, 1.82) is 0 Å². The van der Waals surface area contributed by atoms with Gasteiger partial charge in [0, 0.05) is 0 Å². The monoisotopic (exact) mass is 507 g/mol. The lowest BCUT2D eigenvalue weighted by molar-refractivity contribution is -0.119. The first kappa shape index (κ1) is 26.9. The Morgan fingerprint density at radius 2 is 1.67 bits per heavy atom. The van der Waals surface area contributed by atoms with E-state index in [1.165, 1.54) is 18.3 Å². The third kappa shape index (κ3) is 7.42. The highest BCUT2D eigenvalue weighted by atomic mass is 32.2. The van der Waals surface area contributed by atoms with E-state index >= 15 is 0 Å². The molecule has 3 rings (SSSR count). The SMILES string of the molecule is CCCCOc1ccc(/C=N\NC(=O)CN(c2ccc(C(C)C)cc2)S(=O)(=O)c2ccccc2)cc1. The fraction of sp³-hybridized carbons (Fsp3) is 0.286. The van der Waals surface area contributed by atoms with E-state index in [9.17, 15) is 13.2 Å². The Kier molecular flexibility index (Phi) is 9.64. The topological polar surface area (TPSA) is 88.1 Å². The lowest BCUT2D eigenvalue weighted by atomic mass is 10.0. The van der Waals surface area contributed by atoms with E-state index in [1.807, 2.05) is 36.4 Å². The molecular formula is C28H33N3O4S. The van der Waals surface area contributed by atoms with Crippen molar-refractivity contribution in [3.05, 3.63) is 90.0 Å². The second-order valence-electron chi connectivity index (χ2n) is 8.64. The minimum atomic E-state index is -3.97. The molecular weight excluding hydrogens is 474 g/mol. The molecule has 1 amide bonds. The summed E-state index contributed by atoms with van der Waals surface area (Å²) in [7, 11) is -3.97. The van der Waals surface area contributed by atoms with Gasteiger partial charge in [0.1, 0.15) is 12.3 Å². The molecule has 0 aliphatic rings. The van der Waals surface area contributed by atoms with Gasteiger partial charge in [-0.2, -0.15) is 5.10 Å². The number of nitrogens with one attached hydrogen (secondary N) is 1. The molecule has 36 heavy (non-hydrogen) atoms. The van der Waals surface area contributed by atoms with Gasteiger partial charge in [0.2, 0.25) is 0 Å². The summed E-state index contributed by atoms with van der Waals surface area (Å²) in [4.78, 5) is 12.8. The quantitative estimate of drug-likeness (QED) is 0.204. The van der Waals surface area contributed by atoms with Crippen molar-refractivity contribution in [2.24, 2.45) is 5.10 Å². The Labute approximate surface area is 213 Å². The summed E-state index contributed by atoms with van der Waals surface area (Å²) in [5.74, 6) is 0.515. The Bertz CT molecular complexity index is 1240. The van der Waals surface area contributed by atoms with Crippen molar-refractivity contribution < 1.29 is 17.9 Å². The molecule has 0 saturated carbocycles. The van der Waals surface area contributed by atoms with Gasteiger partial charge in [0.05, 0.1) is 23.4 Å². The molecule has 0 atom stereocenters. The Morgan fingerprint density at radius 1 is 1.00 bits per heavy atom. The molecule has 8 heteroatoms. The number of carbonyl (C=O) groups excluding carboxylic acids is 1. The second kappa shape index (κ2) is 12.9. The van der Waals surface area contributed by atoms with Gasteiger partial charge in [-0.15, -0.1) is 0 Å². The zero-order valence-corrected chi connectivity index (χ0v) is 21.7. The zero-order chi connectivity index (χ0) is 26.0. The Morgan fingerprint density at radius 3 is 2.28 bits per heavy atom. The standard InChI is InChI=1S/C28H33N3O4S/c1-4-5-19-35-26-17-11-23(12-18-26)20-29-30-28(32)21-31(25-15-13-24(14-16-25)22(2)3)36(33,34)27-9-7-6-8-10-27/h6-18,20,22H,4-5,19,21H2,1-3H3,(H,30,32)/b29-20-. The normalized spacial score (nSPS) is 11.6. The third-order valence-corrected chi connectivity index (χ3v) is 7.30. The minimum Gasteiger partial charge on any atom is -0.494 e. The smallest absolute Gasteiger partial charge is 0.264 e. The molecule has 0 aromatic heterocycles. The molecule has 3 aromatic carbocycles. The maximum absolute atomic E-state index is 13.4. The summed E-state index contributed by atoms with van der Waals surface area (Å²) in [6.45, 7) is 6.48. The van der Waals surface area contributed by atoms with Gasteiger partial charge in [-0.1, -0.05) is 57.5 Å². The molecule has 0 heterocycles. The number of sulfonamides is 1. The predicted octanol–water partition coefficient (Wildman–Crippen LogP) is 5.33. The Balaban J connectivity index is 1.72. The van der Waals surface area contributed by atoms with Crippen LogP contribution in [0.4, 0.5) is 5.69 Å². The largest absolute Gasteiger partial charge is 0.494 e. The van der Waals surface area contributed by atoms with Crippen molar-refractivity contribution >= 4 is 27.8 Å². The van der Waals surface area contributed by atoms with Crippen LogP contribution in [0.15, 0.2) is 88.9 Å². The van der Waals surface area contributed by atoms with E-state index in [1.54, 1.807) is 30.3 Å². The Hall–Kier alpha value is -3.65. The average molecular weight is 508 g/mol. The lowest BCUT2D eigenvalue weighted by Gasteiger charge is -2.24. The van der Waals surface area contributed by atoms with Crippen LogP contribution >= 0.6 is 0 Å². The van der Waals surface area contributed by atoms with Crippen LogP contribution in [0.1, 0.15) is 50.7 Å². The first-order valence-electron chi connectivity index (χ1n) is 12.0. The number of ether oxygens (including phenoxy) is 1. The first-order chi connectivity index (χ1) is 17.3. The van der Waals surface area contributed by atoms with Gasteiger partial charge in [-0.05, 0) is 72.0 Å². The number of unbranched alkanes of at least 4 members (excludes halogenated alkanes) is 1. The molecule has 0 spiro atoms. The number of rotatable bonds is 12. The molecule has 0 aliphatic heterocycles. The van der Waals surface area contributed by atoms with Crippen LogP contribution in [-0.2, 0) is 14.8 Å². The van der Waals surface area contributed by atoms with Crippen LogP contribution < -0.4 is 14.5 Å². The van der Waals surface area contributed by atoms with Crippen molar-refractivity contribution in [1.82, 2.24) is 5.43 Å². The molecule has 0 radical (unpaired) electrons. The highest BCUT2D eigenvalue weighted by Crippen LogP contribution is 2.25. The fourth-order valence-electron chi connectivity index (χ4n) is 3.39. The van der Waals surface area contributed by atoms with Crippen LogP contribution in [0.2, 0.25) is 0 Å². The number of carbonyl (C=O) groups is 1. The molecule has 190 valence electrons. The number of hydrogen-bond acceptors (Lipinski definition) is 5. The lowest BCUT2D eigenvalue weighted by Crippen LogP contribution is -2.39. The van der Waals surface area contributed by atoms with Gasteiger partial charge < -0.3 is 4.74 Å². The molecule has 7 nitrogen and oxygen atoms in total. The summed E-state index contributed by atoms with van der Waals surface area (Å²) < 4.78 is 33.5.